The van der Waals surface area contributed by atoms with E-state index in [0.29, 0.717) is 50.9 Å². The molecular formula is C32H41N5O5. The topological polar surface area (TPSA) is 158 Å². The van der Waals surface area contributed by atoms with Gasteiger partial charge in [0, 0.05) is 47.6 Å². The number of amides is 3. The van der Waals surface area contributed by atoms with Crippen molar-refractivity contribution in [2.45, 2.75) is 64.0 Å². The van der Waals surface area contributed by atoms with Crippen molar-refractivity contribution >= 4 is 34.6 Å². The molecule has 3 atom stereocenters. The molecule has 1 saturated heterocycles. The predicted molar refractivity (Wildman–Crippen MR) is 161 cm³/mol. The molecule has 0 aliphatic carbocycles. The molecule has 2 aromatic carbocycles. The number of rotatable bonds is 12. The summed E-state index contributed by atoms with van der Waals surface area (Å²) in [5.74, 6) is -2.85. The van der Waals surface area contributed by atoms with Gasteiger partial charge in [0.25, 0.3) is 5.91 Å². The molecule has 0 radical (unpaired) electrons. The van der Waals surface area contributed by atoms with Crippen LogP contribution in [0, 0.1) is 12.8 Å². The van der Waals surface area contributed by atoms with Crippen LogP contribution < -0.4 is 16.4 Å². The molecule has 1 aliphatic rings. The Hall–Kier alpha value is -4.18. The van der Waals surface area contributed by atoms with Crippen molar-refractivity contribution in [2.75, 3.05) is 19.6 Å². The van der Waals surface area contributed by atoms with E-state index in [1.807, 2.05) is 68.6 Å². The first-order chi connectivity index (χ1) is 20.2. The number of carbonyl (C=O) groups is 4. The van der Waals surface area contributed by atoms with Crippen molar-refractivity contribution in [3.8, 4) is 0 Å². The molecule has 224 valence electrons. The maximum Gasteiger partial charge on any atom is 0.326 e. The minimum Gasteiger partial charge on any atom is -0.480 e. The summed E-state index contributed by atoms with van der Waals surface area (Å²) < 4.78 is 0. The Labute approximate surface area is 246 Å². The number of hydrogen-bond acceptors (Lipinski definition) is 5. The number of fused-ring (bicyclic) bond motifs is 1. The highest BCUT2D eigenvalue weighted by atomic mass is 16.4. The predicted octanol–water partition coefficient (Wildman–Crippen LogP) is 3.32. The number of aromatic nitrogens is 1. The smallest absolute Gasteiger partial charge is 0.326 e. The largest absolute Gasteiger partial charge is 0.480 e. The van der Waals surface area contributed by atoms with Gasteiger partial charge in [-0.05, 0) is 69.3 Å². The van der Waals surface area contributed by atoms with Crippen molar-refractivity contribution in [3.05, 3.63) is 71.4 Å². The number of aliphatic carboxylic acids is 1. The maximum absolute atomic E-state index is 13.6. The lowest BCUT2D eigenvalue weighted by Gasteiger charge is -2.33. The third-order valence-corrected chi connectivity index (χ3v) is 8.21. The van der Waals surface area contributed by atoms with Gasteiger partial charge in [0.05, 0.1) is 0 Å². The molecule has 0 bridgehead atoms. The number of aromatic amines is 1. The Morgan fingerprint density at radius 2 is 1.71 bits per heavy atom. The summed E-state index contributed by atoms with van der Waals surface area (Å²) in [5, 5.41) is 16.3. The number of carboxylic acid groups (broad SMARTS) is 1. The van der Waals surface area contributed by atoms with E-state index in [9.17, 15) is 24.3 Å². The highest BCUT2D eigenvalue weighted by molar-refractivity contribution is 5.95. The molecule has 10 heteroatoms. The summed E-state index contributed by atoms with van der Waals surface area (Å²) in [4.78, 5) is 57.0. The standard InChI is InChI=1S/C32H41N5O5/c1-20-10-12-23(13-11-20)31(40)37-17-14-22(15-18-37)29(38)36-28(30(39)35-27(32(41)42)9-5-6-16-33)21(2)25-19-34-26-8-4-3-7-24(25)26/h3-4,7-8,10-13,19,21-22,27-28,34H,5-6,9,14-18,33H2,1-2H3,(H,35,39)(H,36,38)(H,41,42). The van der Waals surface area contributed by atoms with Gasteiger partial charge in [-0.2, -0.15) is 0 Å². The van der Waals surface area contributed by atoms with E-state index in [4.69, 9.17) is 5.73 Å². The van der Waals surface area contributed by atoms with E-state index in [2.05, 4.69) is 15.6 Å². The van der Waals surface area contributed by atoms with Crippen molar-refractivity contribution in [3.63, 3.8) is 0 Å². The van der Waals surface area contributed by atoms with Gasteiger partial charge in [-0.15, -0.1) is 0 Å². The lowest BCUT2D eigenvalue weighted by molar-refractivity contribution is -0.142. The highest BCUT2D eigenvalue weighted by Crippen LogP contribution is 2.29. The number of unbranched alkanes of at least 4 members (excludes halogenated alkanes) is 1. The average molecular weight is 576 g/mol. The van der Waals surface area contributed by atoms with Crippen LogP contribution in [0.3, 0.4) is 0 Å². The summed E-state index contributed by atoms with van der Waals surface area (Å²) in [7, 11) is 0. The summed E-state index contributed by atoms with van der Waals surface area (Å²) >= 11 is 0. The number of nitrogens with zero attached hydrogens (tertiary/aromatic N) is 1. The zero-order valence-electron chi connectivity index (χ0n) is 24.3. The molecule has 10 nitrogen and oxygen atoms in total. The fourth-order valence-corrected chi connectivity index (χ4v) is 5.57. The minimum atomic E-state index is -1.13. The van der Waals surface area contributed by atoms with E-state index in [0.717, 1.165) is 22.0 Å². The molecule has 0 spiro atoms. The van der Waals surface area contributed by atoms with Crippen LogP contribution in [0.5, 0.6) is 0 Å². The lowest BCUT2D eigenvalue weighted by atomic mass is 9.90. The van der Waals surface area contributed by atoms with Gasteiger partial charge in [0.2, 0.25) is 11.8 Å². The first kappa shape index (κ1) is 30.8. The van der Waals surface area contributed by atoms with Crippen LogP contribution in [-0.2, 0) is 14.4 Å². The Morgan fingerprint density at radius 3 is 2.38 bits per heavy atom. The molecule has 1 aliphatic heterocycles. The monoisotopic (exact) mass is 575 g/mol. The number of hydrogen-bond donors (Lipinski definition) is 5. The Balaban J connectivity index is 1.48. The molecule has 2 heterocycles. The zero-order valence-corrected chi connectivity index (χ0v) is 24.3. The number of carbonyl (C=O) groups excluding carboxylic acids is 3. The van der Waals surface area contributed by atoms with Crippen molar-refractivity contribution < 1.29 is 24.3 Å². The normalized spacial score (nSPS) is 16.0. The van der Waals surface area contributed by atoms with Gasteiger partial charge in [-0.1, -0.05) is 42.8 Å². The molecule has 6 N–H and O–H groups in total. The van der Waals surface area contributed by atoms with Crippen molar-refractivity contribution in [1.82, 2.24) is 20.5 Å². The number of nitrogens with one attached hydrogen (secondary N) is 3. The Bertz CT molecular complexity index is 1390. The summed E-state index contributed by atoms with van der Waals surface area (Å²) in [5.41, 5.74) is 9.00. The van der Waals surface area contributed by atoms with Crippen LogP contribution >= 0.6 is 0 Å². The number of H-pyrrole nitrogens is 1. The number of aryl methyl sites for hydroxylation is 1. The molecule has 1 fully saturated rings. The molecule has 0 saturated carbocycles. The molecule has 4 rings (SSSR count). The third-order valence-electron chi connectivity index (χ3n) is 8.21. The van der Waals surface area contributed by atoms with Crippen molar-refractivity contribution in [1.29, 1.82) is 0 Å². The average Bonchev–Trinajstić information content (AvgIpc) is 3.43. The van der Waals surface area contributed by atoms with Crippen LogP contribution in [-0.4, -0.2) is 70.4 Å². The van der Waals surface area contributed by atoms with Gasteiger partial charge in [-0.3, -0.25) is 14.4 Å². The summed E-state index contributed by atoms with van der Waals surface area (Å²) in [6.45, 7) is 5.12. The zero-order chi connectivity index (χ0) is 30.2. The lowest BCUT2D eigenvalue weighted by Crippen LogP contribution is -2.55. The quantitative estimate of drug-likeness (QED) is 0.209. The van der Waals surface area contributed by atoms with E-state index in [1.54, 1.807) is 4.90 Å². The van der Waals surface area contributed by atoms with E-state index >= 15 is 0 Å². The first-order valence-electron chi connectivity index (χ1n) is 14.6. The number of benzene rings is 2. The number of likely N-dealkylation sites (tertiary alicyclic amines) is 1. The van der Waals surface area contributed by atoms with Crippen molar-refractivity contribution in [2.24, 2.45) is 11.7 Å². The highest BCUT2D eigenvalue weighted by Gasteiger charge is 2.35. The molecule has 1 aromatic heterocycles. The fraction of sp³-hybridized carbons (Fsp3) is 0.438. The van der Waals surface area contributed by atoms with Crippen LogP contribution in [0.25, 0.3) is 10.9 Å². The minimum absolute atomic E-state index is 0.0616. The van der Waals surface area contributed by atoms with Gasteiger partial charge in [0.15, 0.2) is 0 Å². The number of nitrogens with two attached hydrogens (primary N) is 1. The van der Waals surface area contributed by atoms with Crippen LogP contribution in [0.4, 0.5) is 0 Å². The number of piperidine rings is 1. The molecular weight excluding hydrogens is 534 g/mol. The molecule has 3 aromatic rings. The van der Waals surface area contributed by atoms with E-state index in [-0.39, 0.29) is 24.2 Å². The fourth-order valence-electron chi connectivity index (χ4n) is 5.57. The van der Waals surface area contributed by atoms with Gasteiger partial charge < -0.3 is 31.4 Å². The second-order valence-corrected chi connectivity index (χ2v) is 11.2. The summed E-state index contributed by atoms with van der Waals surface area (Å²) in [6.07, 6.45) is 4.21. The second-order valence-electron chi connectivity index (χ2n) is 11.2. The molecule has 42 heavy (non-hydrogen) atoms. The van der Waals surface area contributed by atoms with E-state index < -0.39 is 29.9 Å². The number of carboxylic acids is 1. The molecule has 3 unspecified atom stereocenters. The first-order valence-corrected chi connectivity index (χ1v) is 14.6. The number of para-hydroxylation sites is 1. The Morgan fingerprint density at radius 1 is 1.02 bits per heavy atom. The van der Waals surface area contributed by atoms with Gasteiger partial charge in [-0.25, -0.2) is 4.79 Å². The summed E-state index contributed by atoms with van der Waals surface area (Å²) in [6, 6.07) is 13.0. The SMILES string of the molecule is Cc1ccc(C(=O)N2CCC(C(=O)NC(C(=O)NC(CCCCN)C(=O)O)C(C)c3c[nH]c4ccccc34)CC2)cc1. The molecule has 3 amide bonds. The Kier molecular flexibility index (Phi) is 10.4. The van der Waals surface area contributed by atoms with Crippen LogP contribution in [0.2, 0.25) is 0 Å². The third kappa shape index (κ3) is 7.36. The maximum atomic E-state index is 13.6. The second kappa shape index (κ2) is 14.1. The van der Waals surface area contributed by atoms with Crippen LogP contribution in [0.15, 0.2) is 54.7 Å². The van der Waals surface area contributed by atoms with Crippen LogP contribution in [0.1, 0.15) is 66.4 Å². The van der Waals surface area contributed by atoms with Gasteiger partial charge in [0.1, 0.15) is 12.1 Å². The van der Waals surface area contributed by atoms with E-state index in [1.165, 1.54) is 0 Å². The van der Waals surface area contributed by atoms with Gasteiger partial charge >= 0.3 is 5.97 Å².